The number of hydrogen-bond acceptors (Lipinski definition) is 4. The number of aromatic nitrogens is 1. The lowest BCUT2D eigenvalue weighted by molar-refractivity contribution is 0.627. The normalized spacial score (nSPS) is 9.83. The number of nitrogens with zero attached hydrogens (tertiary/aromatic N) is 2. The molecule has 4 nitrogen and oxygen atoms in total. The predicted molar refractivity (Wildman–Crippen MR) is 67.8 cm³/mol. The molecule has 0 saturated carbocycles. The van der Waals surface area contributed by atoms with E-state index in [-0.39, 0.29) is 17.2 Å². The summed E-state index contributed by atoms with van der Waals surface area (Å²) in [6.45, 7) is 1.95. The molecule has 1 aromatic heterocycles. The van der Waals surface area contributed by atoms with Crippen molar-refractivity contribution in [3.63, 3.8) is 0 Å². The minimum Gasteiger partial charge on any atom is -0.381 e. The maximum Gasteiger partial charge on any atom is 0.166 e. The summed E-state index contributed by atoms with van der Waals surface area (Å²) in [7, 11) is 0. The van der Waals surface area contributed by atoms with E-state index in [1.165, 1.54) is 0 Å². The number of rotatable bonds is 2. The average molecular weight is 242 g/mol. The molecular weight excluding hydrogens is 231 g/mol. The predicted octanol–water partition coefficient (Wildman–Crippen LogP) is 2.73. The molecule has 0 saturated heterocycles. The van der Waals surface area contributed by atoms with Crippen molar-refractivity contribution < 1.29 is 4.39 Å². The van der Waals surface area contributed by atoms with Crippen molar-refractivity contribution in [3.8, 4) is 6.07 Å². The van der Waals surface area contributed by atoms with Gasteiger partial charge >= 0.3 is 0 Å². The van der Waals surface area contributed by atoms with Gasteiger partial charge in [0.25, 0.3) is 0 Å². The Balaban J connectivity index is 2.40. The highest BCUT2D eigenvalue weighted by atomic mass is 19.1. The van der Waals surface area contributed by atoms with Crippen LogP contribution in [-0.2, 0) is 0 Å². The van der Waals surface area contributed by atoms with Gasteiger partial charge in [0, 0.05) is 5.69 Å². The van der Waals surface area contributed by atoms with Crippen molar-refractivity contribution in [3.05, 3.63) is 47.3 Å². The molecule has 0 aliphatic rings. The van der Waals surface area contributed by atoms with E-state index in [0.717, 1.165) is 17.3 Å². The van der Waals surface area contributed by atoms with Gasteiger partial charge in [0.15, 0.2) is 17.5 Å². The van der Waals surface area contributed by atoms with E-state index in [1.807, 2.05) is 37.3 Å². The smallest absolute Gasteiger partial charge is 0.166 e. The molecule has 0 fully saturated rings. The molecule has 18 heavy (non-hydrogen) atoms. The zero-order chi connectivity index (χ0) is 13.1. The number of nitrogens with two attached hydrogens (primary N) is 1. The maximum atomic E-state index is 13.2. The zero-order valence-electron chi connectivity index (χ0n) is 9.74. The van der Waals surface area contributed by atoms with Crippen LogP contribution in [0.2, 0.25) is 0 Å². The fourth-order valence-electron chi connectivity index (χ4n) is 1.54. The molecule has 5 heteroatoms. The van der Waals surface area contributed by atoms with Crippen molar-refractivity contribution in [2.75, 3.05) is 11.1 Å². The number of nitriles is 1. The number of aryl methyl sites for hydroxylation is 1. The van der Waals surface area contributed by atoms with Crippen LogP contribution in [0.15, 0.2) is 30.3 Å². The molecular formula is C13H11FN4. The quantitative estimate of drug-likeness (QED) is 0.849. The molecule has 2 rings (SSSR count). The maximum absolute atomic E-state index is 13.2. The van der Waals surface area contributed by atoms with Crippen molar-refractivity contribution >= 4 is 17.3 Å². The van der Waals surface area contributed by atoms with Gasteiger partial charge in [-0.15, -0.1) is 0 Å². The summed E-state index contributed by atoms with van der Waals surface area (Å²) in [4.78, 5) is 3.84. The van der Waals surface area contributed by atoms with Gasteiger partial charge < -0.3 is 11.1 Å². The van der Waals surface area contributed by atoms with Gasteiger partial charge in [-0.05, 0) is 30.7 Å². The third-order valence-electron chi connectivity index (χ3n) is 2.40. The Morgan fingerprint density at radius 2 is 2.17 bits per heavy atom. The number of nitrogens with one attached hydrogen (secondary N) is 1. The Bertz CT molecular complexity index is 631. The summed E-state index contributed by atoms with van der Waals surface area (Å²) in [6.07, 6.45) is 0. The Morgan fingerprint density at radius 3 is 2.83 bits per heavy atom. The highest BCUT2D eigenvalue weighted by molar-refractivity contribution is 5.65. The number of pyridine rings is 1. The van der Waals surface area contributed by atoms with Crippen molar-refractivity contribution in [2.45, 2.75) is 6.92 Å². The number of anilines is 3. The Labute approximate surface area is 104 Å². The fraction of sp³-hybridized carbons (Fsp3) is 0.0769. The minimum absolute atomic E-state index is 0.114. The first-order valence-electron chi connectivity index (χ1n) is 5.30. The zero-order valence-corrected chi connectivity index (χ0v) is 9.74. The van der Waals surface area contributed by atoms with Crippen LogP contribution in [0.3, 0.4) is 0 Å². The fourth-order valence-corrected chi connectivity index (χ4v) is 1.54. The number of nitrogen functional groups attached to an aromatic ring is 1. The Kier molecular flexibility index (Phi) is 3.11. The van der Waals surface area contributed by atoms with Gasteiger partial charge in [0.2, 0.25) is 0 Å². The minimum atomic E-state index is -0.693. The van der Waals surface area contributed by atoms with Gasteiger partial charge in [-0.25, -0.2) is 9.37 Å². The van der Waals surface area contributed by atoms with Gasteiger partial charge in [-0.1, -0.05) is 12.1 Å². The SMILES string of the molecule is Cc1cccc(Nc2nc(N)c(F)cc2C#N)c1. The summed E-state index contributed by atoms with van der Waals surface area (Å²) in [5.74, 6) is -0.674. The first kappa shape index (κ1) is 11.9. The molecule has 1 aromatic carbocycles. The average Bonchev–Trinajstić information content (AvgIpc) is 2.33. The third kappa shape index (κ3) is 2.38. The first-order chi connectivity index (χ1) is 8.60. The largest absolute Gasteiger partial charge is 0.381 e. The Morgan fingerprint density at radius 1 is 1.39 bits per heavy atom. The van der Waals surface area contributed by atoms with Crippen LogP contribution >= 0.6 is 0 Å². The number of hydrogen-bond donors (Lipinski definition) is 2. The summed E-state index contributed by atoms with van der Waals surface area (Å²) in [6, 6.07) is 10.5. The van der Waals surface area contributed by atoms with Crippen LogP contribution < -0.4 is 11.1 Å². The molecule has 1 heterocycles. The van der Waals surface area contributed by atoms with E-state index < -0.39 is 5.82 Å². The highest BCUT2D eigenvalue weighted by Gasteiger charge is 2.09. The van der Waals surface area contributed by atoms with E-state index in [2.05, 4.69) is 10.3 Å². The lowest BCUT2D eigenvalue weighted by Crippen LogP contribution is -2.03. The lowest BCUT2D eigenvalue weighted by atomic mass is 10.2. The van der Waals surface area contributed by atoms with Crippen molar-refractivity contribution in [1.82, 2.24) is 4.98 Å². The van der Waals surface area contributed by atoms with Gasteiger partial charge in [0.1, 0.15) is 6.07 Å². The van der Waals surface area contributed by atoms with E-state index in [4.69, 9.17) is 11.0 Å². The van der Waals surface area contributed by atoms with Crippen LogP contribution in [0.25, 0.3) is 0 Å². The monoisotopic (exact) mass is 242 g/mol. The molecule has 0 bridgehead atoms. The first-order valence-corrected chi connectivity index (χ1v) is 5.30. The topological polar surface area (TPSA) is 74.7 Å². The van der Waals surface area contributed by atoms with E-state index in [0.29, 0.717) is 0 Å². The van der Waals surface area contributed by atoms with E-state index >= 15 is 0 Å². The van der Waals surface area contributed by atoms with Crippen molar-refractivity contribution in [1.29, 1.82) is 5.26 Å². The second kappa shape index (κ2) is 4.72. The summed E-state index contributed by atoms with van der Waals surface area (Å²) in [5, 5.41) is 11.9. The van der Waals surface area contributed by atoms with E-state index in [1.54, 1.807) is 0 Å². The molecule has 0 spiro atoms. The van der Waals surface area contributed by atoms with Crippen molar-refractivity contribution in [2.24, 2.45) is 0 Å². The summed E-state index contributed by atoms with van der Waals surface area (Å²) < 4.78 is 13.2. The van der Waals surface area contributed by atoms with Gasteiger partial charge in [-0.2, -0.15) is 5.26 Å². The summed E-state index contributed by atoms with van der Waals surface area (Å²) in [5.41, 5.74) is 7.34. The molecule has 0 atom stereocenters. The molecule has 90 valence electrons. The Hall–Kier alpha value is -2.61. The lowest BCUT2D eigenvalue weighted by Gasteiger charge is -2.09. The van der Waals surface area contributed by atoms with Crippen LogP contribution in [0, 0.1) is 24.1 Å². The van der Waals surface area contributed by atoms with Gasteiger partial charge in [-0.3, -0.25) is 0 Å². The molecule has 3 N–H and O–H groups in total. The molecule has 0 radical (unpaired) electrons. The van der Waals surface area contributed by atoms with E-state index in [9.17, 15) is 4.39 Å². The molecule has 2 aromatic rings. The highest BCUT2D eigenvalue weighted by Crippen LogP contribution is 2.22. The number of halogens is 1. The second-order valence-electron chi connectivity index (χ2n) is 3.86. The molecule has 0 unspecified atom stereocenters. The van der Waals surface area contributed by atoms with Gasteiger partial charge in [0.05, 0.1) is 5.56 Å². The molecule has 0 amide bonds. The number of benzene rings is 1. The standard InChI is InChI=1S/C13H11FN4/c1-8-3-2-4-10(5-8)17-13-9(7-15)6-11(14)12(16)18-13/h2-6H,1H3,(H3,16,17,18). The molecule has 0 aliphatic carbocycles. The van der Waals surface area contributed by atoms with Crippen LogP contribution in [-0.4, -0.2) is 4.98 Å². The van der Waals surface area contributed by atoms with Crippen LogP contribution in [0.1, 0.15) is 11.1 Å². The van der Waals surface area contributed by atoms with Crippen LogP contribution in [0.5, 0.6) is 0 Å². The second-order valence-corrected chi connectivity index (χ2v) is 3.86. The molecule has 0 aliphatic heterocycles. The summed E-state index contributed by atoms with van der Waals surface area (Å²) >= 11 is 0. The third-order valence-corrected chi connectivity index (χ3v) is 2.40. The van der Waals surface area contributed by atoms with Crippen LogP contribution in [0.4, 0.5) is 21.7 Å².